The minimum absolute atomic E-state index is 0.0264. The van der Waals surface area contributed by atoms with E-state index in [1.807, 2.05) is 13.8 Å². The Labute approximate surface area is 115 Å². The molecule has 0 radical (unpaired) electrons. The lowest BCUT2D eigenvalue weighted by molar-refractivity contribution is -0.384. The highest BCUT2D eigenvalue weighted by Crippen LogP contribution is 2.23. The summed E-state index contributed by atoms with van der Waals surface area (Å²) < 4.78 is 0. The number of nitrogens with one attached hydrogen (secondary N) is 1. The predicted molar refractivity (Wildman–Crippen MR) is 72.5 cm³/mol. The van der Waals surface area contributed by atoms with Crippen LogP contribution >= 0.6 is 11.6 Å². The van der Waals surface area contributed by atoms with Gasteiger partial charge in [-0.25, -0.2) is 4.98 Å². The van der Waals surface area contributed by atoms with E-state index in [2.05, 4.69) is 10.3 Å². The summed E-state index contributed by atoms with van der Waals surface area (Å²) in [6.07, 6.45) is 0. The maximum absolute atomic E-state index is 11.5. The van der Waals surface area contributed by atoms with Crippen molar-refractivity contribution < 1.29 is 9.72 Å². The van der Waals surface area contributed by atoms with Crippen LogP contribution in [0.15, 0.2) is 12.1 Å². The number of nitro groups is 1. The smallest absolute Gasteiger partial charge is 0.276 e. The number of likely N-dealkylation sites (N-methyl/N-ethyl adjacent to an activating group) is 2. The number of hydrogen-bond acceptors (Lipinski definition) is 5. The standard InChI is InChI=1S/C11H15ClN4O3/c1-3-13-11(17)7-15(4-2)10-6-8(16(18)19)5-9(12)14-10/h5-6H,3-4,7H2,1-2H3,(H,13,17). The Morgan fingerprint density at radius 2 is 2.21 bits per heavy atom. The Morgan fingerprint density at radius 3 is 2.74 bits per heavy atom. The van der Waals surface area contributed by atoms with E-state index in [9.17, 15) is 14.9 Å². The molecule has 1 rings (SSSR count). The van der Waals surface area contributed by atoms with Crippen LogP contribution in [0.25, 0.3) is 0 Å². The predicted octanol–water partition coefficient (Wildman–Crippen LogP) is 1.61. The molecule has 1 N–H and O–H groups in total. The molecule has 0 saturated carbocycles. The fraction of sp³-hybridized carbons (Fsp3) is 0.455. The summed E-state index contributed by atoms with van der Waals surface area (Å²) >= 11 is 5.75. The number of aromatic nitrogens is 1. The maximum atomic E-state index is 11.5. The van der Waals surface area contributed by atoms with Crippen LogP contribution in [0.5, 0.6) is 0 Å². The van der Waals surface area contributed by atoms with E-state index < -0.39 is 4.92 Å². The van der Waals surface area contributed by atoms with Crippen molar-refractivity contribution >= 4 is 29.0 Å². The molecule has 0 aliphatic carbocycles. The van der Waals surface area contributed by atoms with Crippen molar-refractivity contribution in [1.82, 2.24) is 10.3 Å². The molecule has 104 valence electrons. The molecule has 8 heteroatoms. The van der Waals surface area contributed by atoms with Gasteiger partial charge in [-0.2, -0.15) is 0 Å². The van der Waals surface area contributed by atoms with Gasteiger partial charge in [0.15, 0.2) is 0 Å². The van der Waals surface area contributed by atoms with E-state index in [1.165, 1.54) is 12.1 Å². The molecule has 1 heterocycles. The van der Waals surface area contributed by atoms with E-state index in [0.717, 1.165) is 0 Å². The Kier molecular flexibility index (Phi) is 5.50. The van der Waals surface area contributed by atoms with Crippen molar-refractivity contribution in [2.45, 2.75) is 13.8 Å². The Balaban J connectivity index is 2.97. The number of pyridine rings is 1. The fourth-order valence-corrected chi connectivity index (χ4v) is 1.72. The van der Waals surface area contributed by atoms with Gasteiger partial charge in [-0.15, -0.1) is 0 Å². The quantitative estimate of drug-likeness (QED) is 0.487. The van der Waals surface area contributed by atoms with Gasteiger partial charge < -0.3 is 10.2 Å². The second-order valence-electron chi connectivity index (χ2n) is 3.73. The summed E-state index contributed by atoms with van der Waals surface area (Å²) in [7, 11) is 0. The summed E-state index contributed by atoms with van der Waals surface area (Å²) in [4.78, 5) is 27.4. The number of rotatable bonds is 6. The largest absolute Gasteiger partial charge is 0.355 e. The molecule has 0 bridgehead atoms. The van der Waals surface area contributed by atoms with Crippen molar-refractivity contribution in [3.63, 3.8) is 0 Å². The third-order valence-corrected chi connectivity index (χ3v) is 2.58. The fourth-order valence-electron chi connectivity index (χ4n) is 1.52. The molecule has 0 saturated heterocycles. The highest BCUT2D eigenvalue weighted by molar-refractivity contribution is 6.29. The van der Waals surface area contributed by atoms with Crippen LogP contribution in [0.4, 0.5) is 11.5 Å². The molecule has 1 aromatic heterocycles. The third-order valence-electron chi connectivity index (χ3n) is 2.39. The van der Waals surface area contributed by atoms with Gasteiger partial charge in [-0.3, -0.25) is 14.9 Å². The first-order valence-corrected chi connectivity index (χ1v) is 6.19. The van der Waals surface area contributed by atoms with E-state index >= 15 is 0 Å². The van der Waals surface area contributed by atoms with Crippen molar-refractivity contribution in [1.29, 1.82) is 0 Å². The van der Waals surface area contributed by atoms with Gasteiger partial charge in [0.25, 0.3) is 5.69 Å². The SMILES string of the molecule is CCNC(=O)CN(CC)c1cc([N+](=O)[O-])cc(Cl)n1. The number of amides is 1. The summed E-state index contributed by atoms with van der Waals surface area (Å²) in [6.45, 7) is 4.74. The van der Waals surface area contributed by atoms with Gasteiger partial charge in [0, 0.05) is 13.1 Å². The summed E-state index contributed by atoms with van der Waals surface area (Å²) in [5.41, 5.74) is -0.149. The molecule has 0 spiro atoms. The summed E-state index contributed by atoms with van der Waals surface area (Å²) in [6, 6.07) is 2.47. The zero-order valence-electron chi connectivity index (χ0n) is 10.7. The lowest BCUT2D eigenvalue weighted by atomic mass is 10.3. The van der Waals surface area contributed by atoms with Gasteiger partial charge in [0.1, 0.15) is 11.0 Å². The van der Waals surface area contributed by atoms with Crippen LogP contribution in [0.1, 0.15) is 13.8 Å². The van der Waals surface area contributed by atoms with Crippen LogP contribution in [-0.2, 0) is 4.79 Å². The third kappa shape index (κ3) is 4.36. The number of halogens is 1. The second kappa shape index (κ2) is 6.89. The molecule has 0 atom stereocenters. The molecule has 1 amide bonds. The van der Waals surface area contributed by atoms with Crippen molar-refractivity contribution in [3.8, 4) is 0 Å². The first-order chi connectivity index (χ1) is 8.97. The zero-order valence-corrected chi connectivity index (χ0v) is 11.5. The van der Waals surface area contributed by atoms with Crippen molar-refractivity contribution in [3.05, 3.63) is 27.4 Å². The molecule has 0 aliphatic rings. The minimum Gasteiger partial charge on any atom is -0.355 e. The molecule has 1 aromatic rings. The lowest BCUT2D eigenvalue weighted by Gasteiger charge is -2.21. The average molecular weight is 287 g/mol. The normalized spacial score (nSPS) is 10.1. The average Bonchev–Trinajstić information content (AvgIpc) is 2.35. The Hall–Kier alpha value is -1.89. The topological polar surface area (TPSA) is 88.4 Å². The van der Waals surface area contributed by atoms with Gasteiger partial charge in [0.05, 0.1) is 23.6 Å². The second-order valence-corrected chi connectivity index (χ2v) is 4.12. The number of nitrogens with zero attached hydrogens (tertiary/aromatic N) is 3. The molecular weight excluding hydrogens is 272 g/mol. The van der Waals surface area contributed by atoms with Crippen LogP contribution < -0.4 is 10.2 Å². The first kappa shape index (κ1) is 15.2. The first-order valence-electron chi connectivity index (χ1n) is 5.81. The number of carbonyl (C=O) groups excluding carboxylic acids is 1. The summed E-state index contributed by atoms with van der Waals surface area (Å²) in [5.74, 6) is 0.140. The van der Waals surface area contributed by atoms with Crippen LogP contribution in [0.2, 0.25) is 5.15 Å². The van der Waals surface area contributed by atoms with Crippen LogP contribution in [0.3, 0.4) is 0 Å². The molecule has 7 nitrogen and oxygen atoms in total. The molecule has 0 fully saturated rings. The molecule has 0 aliphatic heterocycles. The number of anilines is 1. The van der Waals surface area contributed by atoms with Crippen LogP contribution in [0, 0.1) is 10.1 Å². The Morgan fingerprint density at radius 1 is 1.53 bits per heavy atom. The van der Waals surface area contributed by atoms with E-state index in [4.69, 9.17) is 11.6 Å². The van der Waals surface area contributed by atoms with Gasteiger partial charge in [-0.05, 0) is 13.8 Å². The van der Waals surface area contributed by atoms with Gasteiger partial charge in [-0.1, -0.05) is 11.6 Å². The van der Waals surface area contributed by atoms with E-state index in [-0.39, 0.29) is 23.3 Å². The van der Waals surface area contributed by atoms with Crippen molar-refractivity contribution in [2.75, 3.05) is 24.5 Å². The van der Waals surface area contributed by atoms with E-state index in [0.29, 0.717) is 18.9 Å². The number of carbonyl (C=O) groups is 1. The number of hydrogen-bond donors (Lipinski definition) is 1. The molecule has 19 heavy (non-hydrogen) atoms. The van der Waals surface area contributed by atoms with Gasteiger partial charge in [0.2, 0.25) is 5.91 Å². The van der Waals surface area contributed by atoms with Gasteiger partial charge >= 0.3 is 0 Å². The lowest BCUT2D eigenvalue weighted by Crippen LogP contribution is -2.37. The van der Waals surface area contributed by atoms with E-state index in [1.54, 1.807) is 4.90 Å². The molecule has 0 unspecified atom stereocenters. The monoisotopic (exact) mass is 286 g/mol. The van der Waals surface area contributed by atoms with Crippen molar-refractivity contribution in [2.24, 2.45) is 0 Å². The molecular formula is C11H15ClN4O3. The maximum Gasteiger partial charge on any atom is 0.276 e. The van der Waals surface area contributed by atoms with Crippen LogP contribution in [-0.4, -0.2) is 35.4 Å². The Bertz CT molecular complexity index is 481. The summed E-state index contributed by atoms with van der Waals surface area (Å²) in [5, 5.41) is 13.4. The molecule has 0 aromatic carbocycles. The minimum atomic E-state index is -0.545. The highest BCUT2D eigenvalue weighted by Gasteiger charge is 2.16. The zero-order chi connectivity index (χ0) is 14.4. The highest BCUT2D eigenvalue weighted by atomic mass is 35.5.